The van der Waals surface area contributed by atoms with E-state index in [2.05, 4.69) is 36.1 Å². The summed E-state index contributed by atoms with van der Waals surface area (Å²) < 4.78 is 32.6. The third-order valence-electron chi connectivity index (χ3n) is 6.07. The fraction of sp³-hybridized carbons (Fsp3) is 0.391. The van der Waals surface area contributed by atoms with Gasteiger partial charge in [0.15, 0.2) is 11.5 Å². The van der Waals surface area contributed by atoms with E-state index in [4.69, 9.17) is 25.8 Å². The normalized spacial score (nSPS) is 20.6. The quantitative estimate of drug-likeness (QED) is 0.435. The number of halogens is 3. The molecule has 0 saturated carbocycles. The third-order valence-corrected chi connectivity index (χ3v) is 7.27. The summed E-state index contributed by atoms with van der Waals surface area (Å²) in [5, 5.41) is 4.05. The van der Waals surface area contributed by atoms with Gasteiger partial charge in [0.05, 0.1) is 29.9 Å². The smallest absolute Gasteiger partial charge is 0.163 e. The van der Waals surface area contributed by atoms with Crippen molar-refractivity contribution in [3.63, 3.8) is 0 Å². The monoisotopic (exact) mass is 536 g/mol. The van der Waals surface area contributed by atoms with Crippen molar-refractivity contribution in [2.45, 2.75) is 25.0 Å². The van der Waals surface area contributed by atoms with Gasteiger partial charge < -0.3 is 19.5 Å². The summed E-state index contributed by atoms with van der Waals surface area (Å²) in [7, 11) is 1.57. The molecule has 0 spiro atoms. The van der Waals surface area contributed by atoms with Crippen LogP contribution in [0, 0.1) is 5.82 Å². The molecule has 0 radical (unpaired) electrons. The molecule has 1 aromatic heterocycles. The van der Waals surface area contributed by atoms with Gasteiger partial charge >= 0.3 is 0 Å². The Morgan fingerprint density at radius 1 is 1.27 bits per heavy atom. The number of fused-ring (bicyclic) bond motifs is 2. The van der Waals surface area contributed by atoms with Crippen LogP contribution in [0.25, 0.3) is 10.9 Å². The van der Waals surface area contributed by atoms with Crippen molar-refractivity contribution < 1.29 is 18.6 Å². The number of ether oxygens (including phenoxy) is 3. The Kier molecular flexibility index (Phi) is 6.56. The lowest BCUT2D eigenvalue weighted by atomic mass is 10.2. The Morgan fingerprint density at radius 3 is 3.00 bits per heavy atom. The molecule has 2 saturated heterocycles. The van der Waals surface area contributed by atoms with Gasteiger partial charge in [-0.15, -0.1) is 0 Å². The molecule has 3 heterocycles. The second kappa shape index (κ2) is 9.58. The predicted molar refractivity (Wildman–Crippen MR) is 128 cm³/mol. The van der Waals surface area contributed by atoms with E-state index in [9.17, 15) is 4.39 Å². The summed E-state index contributed by atoms with van der Waals surface area (Å²) in [5.74, 6) is 1.07. The minimum atomic E-state index is -0.460. The highest BCUT2D eigenvalue weighted by Gasteiger charge is 2.32. The van der Waals surface area contributed by atoms with Gasteiger partial charge in [0.25, 0.3) is 0 Å². The van der Waals surface area contributed by atoms with Crippen LogP contribution in [0.15, 0.2) is 35.1 Å². The lowest BCUT2D eigenvalue weighted by molar-refractivity contribution is -0.0655. The van der Waals surface area contributed by atoms with Crippen LogP contribution in [-0.4, -0.2) is 60.4 Å². The molecular weight excluding hydrogens is 515 g/mol. The standard InChI is InChI=1S/C23H23BrClFN4O3/c1-31-21-5-15-19(8-22(21)33-11-14-9-30-4-2-3-13(30)10-32-14)27-12-28-23(15)29-20-7-17(25)16(24)6-18(20)26/h5-8,12-14H,2-4,9-11H2,1H3,(H,27,28,29)/t13-,14?/m1/s1. The Labute approximate surface area is 204 Å². The van der Waals surface area contributed by atoms with E-state index in [1.54, 1.807) is 19.2 Å². The molecule has 0 amide bonds. The number of hydrogen-bond donors (Lipinski definition) is 1. The number of aromatic nitrogens is 2. The first-order valence-electron chi connectivity index (χ1n) is 10.7. The largest absolute Gasteiger partial charge is 0.493 e. The van der Waals surface area contributed by atoms with E-state index in [1.165, 1.54) is 31.3 Å². The first-order valence-corrected chi connectivity index (χ1v) is 11.9. The summed E-state index contributed by atoms with van der Waals surface area (Å²) in [6, 6.07) is 6.93. The highest BCUT2D eigenvalue weighted by atomic mass is 79.9. The summed E-state index contributed by atoms with van der Waals surface area (Å²) in [5.41, 5.74) is 0.841. The van der Waals surface area contributed by atoms with Crippen LogP contribution in [-0.2, 0) is 4.74 Å². The van der Waals surface area contributed by atoms with Gasteiger partial charge in [-0.2, -0.15) is 0 Å². The van der Waals surface area contributed by atoms with Crippen molar-refractivity contribution in [3.8, 4) is 11.5 Å². The Hall–Kier alpha value is -2.20. The molecule has 10 heteroatoms. The number of nitrogens with zero attached hydrogens (tertiary/aromatic N) is 3. The number of methoxy groups -OCH3 is 1. The van der Waals surface area contributed by atoms with Crippen molar-refractivity contribution in [3.05, 3.63) is 45.9 Å². The number of rotatable bonds is 6. The lowest BCUT2D eigenvalue weighted by Crippen LogP contribution is -2.48. The Morgan fingerprint density at radius 2 is 2.15 bits per heavy atom. The maximum atomic E-state index is 14.4. The third kappa shape index (κ3) is 4.73. The average Bonchev–Trinajstić information content (AvgIpc) is 3.28. The molecule has 2 aliphatic heterocycles. The van der Waals surface area contributed by atoms with E-state index in [0.29, 0.717) is 50.4 Å². The zero-order chi connectivity index (χ0) is 22.9. The van der Waals surface area contributed by atoms with Crippen LogP contribution < -0.4 is 14.8 Å². The Bertz CT molecular complexity index is 1180. The molecule has 2 fully saturated rings. The highest BCUT2D eigenvalue weighted by Crippen LogP contribution is 2.36. The van der Waals surface area contributed by atoms with Gasteiger partial charge in [-0.25, -0.2) is 14.4 Å². The average molecular weight is 538 g/mol. The van der Waals surface area contributed by atoms with Gasteiger partial charge in [-0.3, -0.25) is 4.90 Å². The van der Waals surface area contributed by atoms with Crippen molar-refractivity contribution in [1.29, 1.82) is 0 Å². The zero-order valence-corrected chi connectivity index (χ0v) is 20.3. The van der Waals surface area contributed by atoms with E-state index < -0.39 is 5.82 Å². The van der Waals surface area contributed by atoms with E-state index in [0.717, 1.165) is 19.7 Å². The second-order valence-electron chi connectivity index (χ2n) is 8.17. The fourth-order valence-electron chi connectivity index (χ4n) is 4.35. The number of nitrogens with one attached hydrogen (secondary N) is 1. The van der Waals surface area contributed by atoms with Gasteiger partial charge in [0.2, 0.25) is 0 Å². The van der Waals surface area contributed by atoms with Gasteiger partial charge in [0.1, 0.15) is 30.7 Å². The number of anilines is 2. The summed E-state index contributed by atoms with van der Waals surface area (Å²) >= 11 is 9.35. The molecule has 2 aliphatic rings. The minimum Gasteiger partial charge on any atom is -0.493 e. The second-order valence-corrected chi connectivity index (χ2v) is 9.43. The number of hydrogen-bond acceptors (Lipinski definition) is 7. The molecule has 1 N–H and O–H groups in total. The first kappa shape index (κ1) is 22.6. The maximum Gasteiger partial charge on any atom is 0.163 e. The van der Waals surface area contributed by atoms with Crippen LogP contribution in [0.2, 0.25) is 5.02 Å². The summed E-state index contributed by atoms with van der Waals surface area (Å²) in [4.78, 5) is 11.1. The van der Waals surface area contributed by atoms with Crippen molar-refractivity contribution in [1.82, 2.24) is 14.9 Å². The lowest BCUT2D eigenvalue weighted by Gasteiger charge is -2.35. The Balaban J connectivity index is 1.37. The number of benzene rings is 2. The molecule has 33 heavy (non-hydrogen) atoms. The van der Waals surface area contributed by atoms with E-state index in [1.807, 2.05) is 0 Å². The van der Waals surface area contributed by atoms with Crippen LogP contribution in [0.5, 0.6) is 11.5 Å². The van der Waals surface area contributed by atoms with E-state index in [-0.39, 0.29) is 11.8 Å². The SMILES string of the molecule is COc1cc2c(Nc3cc(Cl)c(Br)cc3F)ncnc2cc1OCC1CN2CCC[C@@H]2CO1. The van der Waals surface area contributed by atoms with Crippen molar-refractivity contribution in [2.24, 2.45) is 0 Å². The predicted octanol–water partition coefficient (Wildman–Crippen LogP) is 5.18. The van der Waals surface area contributed by atoms with Crippen molar-refractivity contribution >= 4 is 49.9 Å². The molecule has 3 aromatic rings. The highest BCUT2D eigenvalue weighted by molar-refractivity contribution is 9.10. The fourth-order valence-corrected chi connectivity index (χ4v) is 4.83. The van der Waals surface area contributed by atoms with Gasteiger partial charge in [-0.1, -0.05) is 11.6 Å². The zero-order valence-electron chi connectivity index (χ0n) is 18.0. The van der Waals surface area contributed by atoms with Crippen LogP contribution in [0.1, 0.15) is 12.8 Å². The summed E-state index contributed by atoms with van der Waals surface area (Å²) in [6.45, 7) is 3.17. The summed E-state index contributed by atoms with van der Waals surface area (Å²) in [6.07, 6.45) is 3.86. The molecule has 174 valence electrons. The molecule has 0 bridgehead atoms. The van der Waals surface area contributed by atoms with Crippen LogP contribution in [0.4, 0.5) is 15.9 Å². The molecule has 5 rings (SSSR count). The minimum absolute atomic E-state index is 0.00695. The van der Waals surface area contributed by atoms with Crippen LogP contribution >= 0.6 is 27.5 Å². The molecular formula is C23H23BrClFN4O3. The van der Waals surface area contributed by atoms with E-state index >= 15 is 0 Å². The topological polar surface area (TPSA) is 68.7 Å². The molecule has 0 aliphatic carbocycles. The molecule has 1 unspecified atom stereocenters. The molecule has 2 atom stereocenters. The van der Waals surface area contributed by atoms with Crippen LogP contribution in [0.3, 0.4) is 0 Å². The molecule has 2 aromatic carbocycles. The molecule has 7 nitrogen and oxygen atoms in total. The number of morpholine rings is 1. The van der Waals surface area contributed by atoms with Gasteiger partial charge in [0, 0.05) is 28.5 Å². The van der Waals surface area contributed by atoms with Gasteiger partial charge in [-0.05, 0) is 53.5 Å². The first-order chi connectivity index (χ1) is 16.0. The maximum absolute atomic E-state index is 14.4. The van der Waals surface area contributed by atoms with Crippen molar-refractivity contribution in [2.75, 3.05) is 38.7 Å².